The summed E-state index contributed by atoms with van der Waals surface area (Å²) in [7, 11) is 0. The van der Waals surface area contributed by atoms with Crippen molar-refractivity contribution in [1.82, 2.24) is 5.32 Å². The average Bonchev–Trinajstić information content (AvgIpc) is 2.37. The van der Waals surface area contributed by atoms with Crippen molar-refractivity contribution in [3.05, 3.63) is 34.9 Å². The molecule has 19 heavy (non-hydrogen) atoms. The molecular weight excluding hydrogens is 234 g/mol. The summed E-state index contributed by atoms with van der Waals surface area (Å²) < 4.78 is 0. The summed E-state index contributed by atoms with van der Waals surface area (Å²) in [6.07, 6.45) is 2.32. The first-order valence-electron chi connectivity index (χ1n) is 7.25. The number of rotatable bonds is 3. The maximum absolute atomic E-state index is 12.8. The Morgan fingerprint density at radius 3 is 2.37 bits per heavy atom. The van der Waals surface area contributed by atoms with E-state index in [-0.39, 0.29) is 11.2 Å². The van der Waals surface area contributed by atoms with Crippen molar-refractivity contribution >= 4 is 5.78 Å². The Morgan fingerprint density at radius 1 is 1.21 bits per heavy atom. The van der Waals surface area contributed by atoms with Crippen LogP contribution in [-0.2, 0) is 0 Å². The quantitative estimate of drug-likeness (QED) is 0.842. The molecule has 1 aliphatic heterocycles. The van der Waals surface area contributed by atoms with Gasteiger partial charge in [-0.15, -0.1) is 0 Å². The zero-order valence-corrected chi connectivity index (χ0v) is 12.5. The molecule has 2 nitrogen and oxygen atoms in total. The number of hydrogen-bond acceptors (Lipinski definition) is 2. The number of Topliss-reactive ketones (excluding diaryl/α,β-unsaturated/α-hetero) is 1. The molecule has 2 rings (SSSR count). The molecule has 0 radical (unpaired) electrons. The van der Waals surface area contributed by atoms with E-state index in [0.717, 1.165) is 25.1 Å². The van der Waals surface area contributed by atoms with Crippen LogP contribution in [0.2, 0.25) is 0 Å². The highest BCUT2D eigenvalue weighted by atomic mass is 16.1. The number of piperidine rings is 1. The van der Waals surface area contributed by atoms with Gasteiger partial charge >= 0.3 is 0 Å². The number of carbonyl (C=O) groups is 1. The van der Waals surface area contributed by atoms with Gasteiger partial charge in [0.25, 0.3) is 0 Å². The first kappa shape index (κ1) is 14.3. The molecule has 0 amide bonds. The Balaban J connectivity index is 2.25. The minimum absolute atomic E-state index is 0.284. The zero-order chi connectivity index (χ0) is 14.0. The van der Waals surface area contributed by atoms with E-state index in [1.54, 1.807) is 0 Å². The lowest BCUT2D eigenvalue weighted by Crippen LogP contribution is -2.42. The van der Waals surface area contributed by atoms with Crippen LogP contribution in [-0.4, -0.2) is 18.9 Å². The number of carbonyl (C=O) groups excluding carboxylic acids is 1. The third-order valence-electron chi connectivity index (χ3n) is 4.39. The van der Waals surface area contributed by atoms with Crippen LogP contribution in [0.15, 0.2) is 18.2 Å². The summed E-state index contributed by atoms with van der Waals surface area (Å²) in [4.78, 5) is 12.8. The van der Waals surface area contributed by atoms with Crippen LogP contribution in [0.25, 0.3) is 0 Å². The summed E-state index contributed by atoms with van der Waals surface area (Å²) in [6.45, 7) is 10.4. The van der Waals surface area contributed by atoms with Gasteiger partial charge in [0, 0.05) is 11.0 Å². The molecule has 1 N–H and O–H groups in total. The Bertz CT molecular complexity index is 450. The van der Waals surface area contributed by atoms with Gasteiger partial charge in [0.1, 0.15) is 0 Å². The molecule has 0 saturated carbocycles. The molecule has 1 aromatic carbocycles. The Kier molecular flexibility index (Phi) is 4.10. The second-order valence-electron chi connectivity index (χ2n) is 6.47. The normalized spacial score (nSPS) is 20.3. The molecule has 1 aromatic rings. The summed E-state index contributed by atoms with van der Waals surface area (Å²) in [5.74, 6) is 0.725. The molecule has 1 saturated heterocycles. The Hall–Kier alpha value is -1.15. The summed E-state index contributed by atoms with van der Waals surface area (Å²) >= 11 is 0. The largest absolute Gasteiger partial charge is 0.316 e. The second kappa shape index (κ2) is 5.46. The van der Waals surface area contributed by atoms with Crippen LogP contribution in [0, 0.1) is 25.2 Å². The lowest BCUT2D eigenvalue weighted by Gasteiger charge is -2.36. The van der Waals surface area contributed by atoms with Gasteiger partial charge < -0.3 is 5.32 Å². The molecule has 104 valence electrons. The van der Waals surface area contributed by atoms with Crippen molar-refractivity contribution in [3.8, 4) is 0 Å². The first-order valence-corrected chi connectivity index (χ1v) is 7.25. The SMILES string of the molecule is Cc1cc(C)cc(C(=O)C(C)(C)C2CCCNC2)c1. The van der Waals surface area contributed by atoms with Gasteiger partial charge in [0.2, 0.25) is 0 Å². The van der Waals surface area contributed by atoms with E-state index in [1.165, 1.54) is 17.5 Å². The van der Waals surface area contributed by atoms with Crippen LogP contribution in [0.3, 0.4) is 0 Å². The molecule has 2 heteroatoms. The van der Waals surface area contributed by atoms with Gasteiger partial charge in [-0.05, 0) is 57.8 Å². The number of benzene rings is 1. The predicted molar refractivity (Wildman–Crippen MR) is 79.6 cm³/mol. The second-order valence-corrected chi connectivity index (χ2v) is 6.47. The van der Waals surface area contributed by atoms with Gasteiger partial charge in [-0.25, -0.2) is 0 Å². The number of aryl methyl sites for hydroxylation is 2. The fourth-order valence-electron chi connectivity index (χ4n) is 3.13. The zero-order valence-electron chi connectivity index (χ0n) is 12.5. The van der Waals surface area contributed by atoms with E-state index in [1.807, 2.05) is 12.1 Å². The molecule has 1 unspecified atom stereocenters. The third kappa shape index (κ3) is 3.06. The first-order chi connectivity index (χ1) is 8.91. The maximum Gasteiger partial charge on any atom is 0.168 e. The van der Waals surface area contributed by atoms with Crippen molar-refractivity contribution in [1.29, 1.82) is 0 Å². The summed E-state index contributed by atoms with van der Waals surface area (Å²) in [6, 6.07) is 6.16. The van der Waals surface area contributed by atoms with Crippen LogP contribution in [0.1, 0.15) is 48.2 Å². The topological polar surface area (TPSA) is 29.1 Å². The van der Waals surface area contributed by atoms with Crippen LogP contribution >= 0.6 is 0 Å². The van der Waals surface area contributed by atoms with Crippen LogP contribution in [0.4, 0.5) is 0 Å². The molecule has 1 aliphatic rings. The number of ketones is 1. The minimum atomic E-state index is -0.284. The summed E-state index contributed by atoms with van der Waals surface area (Å²) in [5, 5.41) is 3.42. The van der Waals surface area contributed by atoms with Crippen molar-refractivity contribution in [2.45, 2.75) is 40.5 Å². The van der Waals surface area contributed by atoms with E-state index >= 15 is 0 Å². The van der Waals surface area contributed by atoms with E-state index in [4.69, 9.17) is 0 Å². The van der Waals surface area contributed by atoms with Crippen molar-refractivity contribution in [2.75, 3.05) is 13.1 Å². The molecule has 0 aliphatic carbocycles. The fourth-order valence-corrected chi connectivity index (χ4v) is 3.13. The van der Waals surface area contributed by atoms with Crippen LogP contribution in [0.5, 0.6) is 0 Å². The molecule has 0 aromatic heterocycles. The minimum Gasteiger partial charge on any atom is -0.316 e. The molecule has 0 spiro atoms. The average molecular weight is 259 g/mol. The van der Waals surface area contributed by atoms with Gasteiger partial charge in [-0.2, -0.15) is 0 Å². The van der Waals surface area contributed by atoms with E-state index in [9.17, 15) is 4.79 Å². The van der Waals surface area contributed by atoms with E-state index in [0.29, 0.717) is 5.92 Å². The number of nitrogens with one attached hydrogen (secondary N) is 1. The maximum atomic E-state index is 12.8. The van der Waals surface area contributed by atoms with Gasteiger partial charge in [-0.1, -0.05) is 31.0 Å². The standard InChI is InChI=1S/C17H25NO/c1-12-8-13(2)10-14(9-12)16(19)17(3,4)15-6-5-7-18-11-15/h8-10,15,18H,5-7,11H2,1-4H3. The van der Waals surface area contributed by atoms with Crippen molar-refractivity contribution in [3.63, 3.8) is 0 Å². The van der Waals surface area contributed by atoms with Crippen LogP contribution < -0.4 is 5.32 Å². The molecule has 0 bridgehead atoms. The highest BCUT2D eigenvalue weighted by Crippen LogP contribution is 2.35. The van der Waals surface area contributed by atoms with E-state index < -0.39 is 0 Å². The predicted octanol–water partition coefficient (Wildman–Crippen LogP) is 3.51. The Labute approximate surface area is 116 Å². The van der Waals surface area contributed by atoms with Gasteiger partial charge in [0.05, 0.1) is 0 Å². The molecule has 1 fully saturated rings. The third-order valence-corrected chi connectivity index (χ3v) is 4.39. The van der Waals surface area contributed by atoms with Crippen molar-refractivity contribution in [2.24, 2.45) is 11.3 Å². The highest BCUT2D eigenvalue weighted by Gasteiger charge is 2.37. The summed E-state index contributed by atoms with van der Waals surface area (Å²) in [5.41, 5.74) is 2.92. The Morgan fingerprint density at radius 2 is 1.84 bits per heavy atom. The monoisotopic (exact) mass is 259 g/mol. The number of hydrogen-bond donors (Lipinski definition) is 1. The molecule has 1 atom stereocenters. The lowest BCUT2D eigenvalue weighted by atomic mass is 9.70. The lowest BCUT2D eigenvalue weighted by molar-refractivity contribution is 0.0708. The van der Waals surface area contributed by atoms with Gasteiger partial charge in [-0.3, -0.25) is 4.79 Å². The molecule has 1 heterocycles. The van der Waals surface area contributed by atoms with E-state index in [2.05, 4.69) is 39.1 Å². The van der Waals surface area contributed by atoms with Gasteiger partial charge in [0.15, 0.2) is 5.78 Å². The van der Waals surface area contributed by atoms with Crippen molar-refractivity contribution < 1.29 is 4.79 Å². The highest BCUT2D eigenvalue weighted by molar-refractivity contribution is 6.00. The fraction of sp³-hybridized carbons (Fsp3) is 0.588. The smallest absolute Gasteiger partial charge is 0.168 e. The molecular formula is C17H25NO.